The van der Waals surface area contributed by atoms with Gasteiger partial charge in [0.2, 0.25) is 11.8 Å². The van der Waals surface area contributed by atoms with E-state index >= 15 is 4.79 Å². The van der Waals surface area contributed by atoms with E-state index in [0.29, 0.717) is 35.8 Å². The molecular formula is C40H44N4O6. The van der Waals surface area contributed by atoms with Crippen molar-refractivity contribution in [3.8, 4) is 5.75 Å². The van der Waals surface area contributed by atoms with E-state index in [9.17, 15) is 14.7 Å². The highest BCUT2D eigenvalue weighted by Crippen LogP contribution is 2.55. The number of ether oxygens (including phenoxy) is 2. The summed E-state index contributed by atoms with van der Waals surface area (Å²) in [5.74, 6) is -2.17. The molecule has 3 amide bonds. The van der Waals surface area contributed by atoms with Crippen LogP contribution in [-0.2, 0) is 19.1 Å². The standard InChI is InChI=1S/C40H44N4O6/c1-4-41(5-2)28-15-17-29(18-16-28)43-25-11-23-40-35(38(47)44(36(40)39(43)48)32(26-45)27-12-8-7-9-13-27)34-33(50-40)14-10-24-42(37(34)46)30-19-21-31(22-20-30)49-6-3/h7-23,32-36,45H,4-6,24-26H2,1-3H3/t32-,33+,34-,35+,36?,40+/m1/s1. The number of carbonyl (C=O) groups excluding carboxylic acids is 3. The van der Waals surface area contributed by atoms with Gasteiger partial charge in [-0.05, 0) is 74.9 Å². The summed E-state index contributed by atoms with van der Waals surface area (Å²) in [5.41, 5.74) is 1.66. The van der Waals surface area contributed by atoms with Crippen LogP contribution in [0.15, 0.2) is 103 Å². The molecule has 6 atom stereocenters. The summed E-state index contributed by atoms with van der Waals surface area (Å²) in [6.45, 7) is 8.51. The van der Waals surface area contributed by atoms with Crippen molar-refractivity contribution in [2.24, 2.45) is 11.8 Å². The molecule has 4 aliphatic rings. The largest absolute Gasteiger partial charge is 0.494 e. The zero-order chi connectivity index (χ0) is 35.0. The molecule has 7 rings (SSSR count). The number of likely N-dealkylation sites (tertiary alicyclic amines) is 1. The first-order chi connectivity index (χ1) is 24.4. The summed E-state index contributed by atoms with van der Waals surface area (Å²) in [7, 11) is 0. The Labute approximate surface area is 293 Å². The normalized spacial score (nSPS) is 26.3. The van der Waals surface area contributed by atoms with Gasteiger partial charge >= 0.3 is 0 Å². The number of aliphatic hydroxyl groups excluding tert-OH is 1. The number of nitrogens with zero attached hydrogens (tertiary/aromatic N) is 4. The Hall–Kier alpha value is -4.93. The number of aliphatic hydroxyl groups is 1. The summed E-state index contributed by atoms with van der Waals surface area (Å²) in [6, 6.07) is 22.4. The molecule has 0 bridgehead atoms. The molecule has 3 aromatic carbocycles. The molecule has 0 aliphatic carbocycles. The third kappa shape index (κ3) is 5.47. The maximum Gasteiger partial charge on any atom is 0.253 e. The molecule has 2 fully saturated rings. The van der Waals surface area contributed by atoms with E-state index in [1.807, 2.05) is 110 Å². The molecule has 260 valence electrons. The Bertz CT molecular complexity index is 1770. The van der Waals surface area contributed by atoms with Crippen LogP contribution in [0.5, 0.6) is 5.75 Å². The Morgan fingerprint density at radius 2 is 1.48 bits per heavy atom. The first kappa shape index (κ1) is 33.6. The highest BCUT2D eigenvalue weighted by molar-refractivity contribution is 6.07. The van der Waals surface area contributed by atoms with Crippen LogP contribution in [0, 0.1) is 11.8 Å². The fraction of sp³-hybridized carbons (Fsp3) is 0.375. The van der Waals surface area contributed by atoms with Gasteiger partial charge in [0.05, 0.1) is 37.2 Å². The van der Waals surface area contributed by atoms with Crippen LogP contribution in [-0.4, -0.2) is 84.9 Å². The van der Waals surface area contributed by atoms with Crippen molar-refractivity contribution < 1.29 is 29.0 Å². The lowest BCUT2D eigenvalue weighted by molar-refractivity contribution is -0.144. The van der Waals surface area contributed by atoms with E-state index in [1.165, 1.54) is 4.90 Å². The molecule has 4 aliphatic heterocycles. The maximum atomic E-state index is 15.0. The Morgan fingerprint density at radius 1 is 0.840 bits per heavy atom. The van der Waals surface area contributed by atoms with Gasteiger partial charge in [0, 0.05) is 43.2 Å². The zero-order valence-corrected chi connectivity index (χ0v) is 28.7. The third-order valence-corrected chi connectivity index (χ3v) is 10.5. The fourth-order valence-corrected chi connectivity index (χ4v) is 8.23. The second-order valence-corrected chi connectivity index (χ2v) is 13.0. The van der Waals surface area contributed by atoms with Crippen LogP contribution < -0.4 is 19.4 Å². The number of hydrogen-bond donors (Lipinski definition) is 1. The Morgan fingerprint density at radius 3 is 2.12 bits per heavy atom. The molecule has 2 saturated heterocycles. The molecule has 1 unspecified atom stereocenters. The minimum atomic E-state index is -1.44. The van der Waals surface area contributed by atoms with Crippen LogP contribution in [0.1, 0.15) is 32.4 Å². The molecule has 1 spiro atoms. The molecule has 0 radical (unpaired) electrons. The smallest absolute Gasteiger partial charge is 0.253 e. The molecule has 50 heavy (non-hydrogen) atoms. The van der Waals surface area contributed by atoms with Gasteiger partial charge in [-0.3, -0.25) is 14.4 Å². The molecule has 3 aromatic rings. The van der Waals surface area contributed by atoms with Crippen molar-refractivity contribution in [1.29, 1.82) is 0 Å². The highest BCUT2D eigenvalue weighted by atomic mass is 16.5. The Balaban J connectivity index is 1.31. The number of rotatable bonds is 10. The van der Waals surface area contributed by atoms with Gasteiger partial charge in [0.15, 0.2) is 0 Å². The summed E-state index contributed by atoms with van der Waals surface area (Å²) >= 11 is 0. The number of benzene rings is 3. The van der Waals surface area contributed by atoms with Gasteiger partial charge in [0.1, 0.15) is 17.4 Å². The van der Waals surface area contributed by atoms with Crippen molar-refractivity contribution in [3.05, 3.63) is 109 Å². The van der Waals surface area contributed by atoms with Gasteiger partial charge in [-0.2, -0.15) is 0 Å². The summed E-state index contributed by atoms with van der Waals surface area (Å²) in [6.07, 6.45) is 6.72. The van der Waals surface area contributed by atoms with E-state index < -0.39 is 48.1 Å². The van der Waals surface area contributed by atoms with Crippen molar-refractivity contribution in [2.45, 2.75) is 44.6 Å². The molecule has 4 heterocycles. The quantitative estimate of drug-likeness (QED) is 0.310. The first-order valence-electron chi connectivity index (χ1n) is 17.6. The summed E-state index contributed by atoms with van der Waals surface area (Å²) in [4.78, 5) is 51.7. The Kier molecular flexibility index (Phi) is 9.24. The van der Waals surface area contributed by atoms with Crippen LogP contribution >= 0.6 is 0 Å². The van der Waals surface area contributed by atoms with Crippen molar-refractivity contribution in [2.75, 3.05) is 54.1 Å². The predicted molar refractivity (Wildman–Crippen MR) is 192 cm³/mol. The molecule has 10 nitrogen and oxygen atoms in total. The van der Waals surface area contributed by atoms with Crippen molar-refractivity contribution in [3.63, 3.8) is 0 Å². The number of carbonyl (C=O) groups is 3. The highest BCUT2D eigenvalue weighted by Gasteiger charge is 2.72. The lowest BCUT2D eigenvalue weighted by Gasteiger charge is -2.38. The first-order valence-corrected chi connectivity index (χ1v) is 17.6. The zero-order valence-electron chi connectivity index (χ0n) is 28.7. The van der Waals surface area contributed by atoms with Crippen LogP contribution in [0.25, 0.3) is 0 Å². The molecular weight excluding hydrogens is 632 g/mol. The SMILES string of the molecule is CCOc1ccc(N2CC=C[C@@H]3O[C@]45C=CCN(c6ccc(N(CC)CC)cc6)C(=O)C4N([C@H](CO)c4ccccc4)C(=O)[C@@H]5[C@@H]3C2=O)cc1. The topological polar surface area (TPSA) is 103 Å². The minimum Gasteiger partial charge on any atom is -0.494 e. The third-order valence-electron chi connectivity index (χ3n) is 10.5. The lowest BCUT2D eigenvalue weighted by Crippen LogP contribution is -2.56. The second kappa shape index (κ2) is 13.8. The molecule has 0 aromatic heterocycles. The number of amides is 3. The lowest BCUT2D eigenvalue weighted by atomic mass is 9.77. The number of anilines is 3. The number of hydrogen-bond acceptors (Lipinski definition) is 7. The van der Waals surface area contributed by atoms with Gasteiger partial charge < -0.3 is 34.2 Å². The van der Waals surface area contributed by atoms with Gasteiger partial charge in [-0.25, -0.2) is 0 Å². The summed E-state index contributed by atoms with van der Waals surface area (Å²) in [5, 5.41) is 10.9. The van der Waals surface area contributed by atoms with Gasteiger partial charge in [-0.15, -0.1) is 0 Å². The predicted octanol–water partition coefficient (Wildman–Crippen LogP) is 4.75. The van der Waals surface area contributed by atoms with Crippen LogP contribution in [0.3, 0.4) is 0 Å². The van der Waals surface area contributed by atoms with E-state index in [4.69, 9.17) is 9.47 Å². The monoisotopic (exact) mass is 676 g/mol. The average molecular weight is 677 g/mol. The van der Waals surface area contributed by atoms with Crippen LogP contribution in [0.2, 0.25) is 0 Å². The van der Waals surface area contributed by atoms with Gasteiger partial charge in [0.25, 0.3) is 5.91 Å². The van der Waals surface area contributed by atoms with Crippen molar-refractivity contribution in [1.82, 2.24) is 4.90 Å². The van der Waals surface area contributed by atoms with E-state index in [0.717, 1.165) is 18.8 Å². The number of fused-ring (bicyclic) bond motifs is 2. The van der Waals surface area contributed by atoms with Crippen LogP contribution in [0.4, 0.5) is 17.1 Å². The van der Waals surface area contributed by atoms with E-state index in [2.05, 4.69) is 18.7 Å². The van der Waals surface area contributed by atoms with E-state index in [1.54, 1.807) is 9.80 Å². The van der Waals surface area contributed by atoms with Crippen molar-refractivity contribution >= 4 is 34.8 Å². The average Bonchev–Trinajstić information content (AvgIpc) is 3.45. The molecule has 1 N–H and O–H groups in total. The van der Waals surface area contributed by atoms with E-state index in [-0.39, 0.29) is 18.4 Å². The fourth-order valence-electron chi connectivity index (χ4n) is 8.23. The maximum absolute atomic E-state index is 15.0. The molecule has 10 heteroatoms. The molecule has 0 saturated carbocycles. The minimum absolute atomic E-state index is 0.255. The van der Waals surface area contributed by atoms with Gasteiger partial charge in [-0.1, -0.05) is 54.6 Å². The second-order valence-electron chi connectivity index (χ2n) is 13.0. The summed E-state index contributed by atoms with van der Waals surface area (Å²) < 4.78 is 12.5.